The van der Waals surface area contributed by atoms with E-state index in [1.165, 1.54) is 5.69 Å². The van der Waals surface area contributed by atoms with Gasteiger partial charge in [-0.15, -0.1) is 0 Å². The van der Waals surface area contributed by atoms with Gasteiger partial charge in [-0.1, -0.05) is 36.9 Å². The van der Waals surface area contributed by atoms with E-state index in [-0.39, 0.29) is 11.3 Å². The van der Waals surface area contributed by atoms with Gasteiger partial charge in [0.25, 0.3) is 0 Å². The Labute approximate surface area is 220 Å². The molecule has 0 spiro atoms. The van der Waals surface area contributed by atoms with Crippen LogP contribution in [-0.2, 0) is 4.79 Å². The molecular weight excluding hydrogens is 480 g/mol. The number of anilines is 4. The number of carboxylic acids is 1. The summed E-state index contributed by atoms with van der Waals surface area (Å²) in [6, 6.07) is 18.6. The van der Waals surface area contributed by atoms with Gasteiger partial charge in [-0.25, -0.2) is 14.8 Å². The van der Waals surface area contributed by atoms with E-state index in [1.54, 1.807) is 24.4 Å². The van der Waals surface area contributed by atoms with Gasteiger partial charge in [-0.05, 0) is 43.5 Å². The highest BCUT2D eigenvalue weighted by Crippen LogP contribution is 2.34. The van der Waals surface area contributed by atoms with Gasteiger partial charge >= 0.3 is 5.97 Å². The number of carbonyl (C=O) groups is 2. The van der Waals surface area contributed by atoms with Crippen LogP contribution in [0, 0.1) is 0 Å². The standard InChI is InChI=1S/C29H28N6O3/c1-3-25(36)32-24-9-5-7-22(26(24)28(37)38)23-8-4-6-19-18-30-29(33-27(19)23)31-20-10-12-21(13-11-20)35-16-14-34(2)15-17-35/h3-13,18H,1,14-17H2,2H3,(H,32,36)(H,37,38)(H,30,31,33). The molecule has 9 nitrogen and oxygen atoms in total. The largest absolute Gasteiger partial charge is 0.478 e. The quantitative estimate of drug-likeness (QED) is 0.310. The lowest BCUT2D eigenvalue weighted by molar-refractivity contribution is -0.111. The predicted molar refractivity (Wildman–Crippen MR) is 150 cm³/mol. The first-order valence-electron chi connectivity index (χ1n) is 12.3. The van der Waals surface area contributed by atoms with Crippen molar-refractivity contribution < 1.29 is 14.7 Å². The van der Waals surface area contributed by atoms with Crippen LogP contribution in [0.4, 0.5) is 23.0 Å². The first-order valence-corrected chi connectivity index (χ1v) is 12.3. The molecule has 1 saturated heterocycles. The third-order valence-corrected chi connectivity index (χ3v) is 6.61. The monoisotopic (exact) mass is 508 g/mol. The number of hydrogen-bond acceptors (Lipinski definition) is 7. The highest BCUT2D eigenvalue weighted by atomic mass is 16.4. The minimum atomic E-state index is -1.16. The maximum Gasteiger partial charge on any atom is 0.338 e. The number of aromatic carboxylic acids is 1. The van der Waals surface area contributed by atoms with Gasteiger partial charge in [0.1, 0.15) is 0 Å². The lowest BCUT2D eigenvalue weighted by Crippen LogP contribution is -2.44. The first-order chi connectivity index (χ1) is 18.4. The topological polar surface area (TPSA) is 111 Å². The molecule has 0 atom stereocenters. The average Bonchev–Trinajstić information content (AvgIpc) is 2.93. The van der Waals surface area contributed by atoms with Crippen LogP contribution >= 0.6 is 0 Å². The van der Waals surface area contributed by atoms with Crippen LogP contribution in [0.15, 0.2) is 79.5 Å². The van der Waals surface area contributed by atoms with E-state index in [2.05, 4.69) is 51.2 Å². The molecule has 1 aliphatic rings. The molecule has 1 aromatic heterocycles. The molecule has 5 rings (SSSR count). The summed E-state index contributed by atoms with van der Waals surface area (Å²) in [5, 5.41) is 16.6. The number of rotatable bonds is 7. The zero-order valence-electron chi connectivity index (χ0n) is 21.0. The Hall–Kier alpha value is -4.76. The Morgan fingerprint density at radius 1 is 0.974 bits per heavy atom. The van der Waals surface area contributed by atoms with Crippen LogP contribution in [-0.4, -0.2) is 65.1 Å². The number of likely N-dealkylation sites (N-methyl/N-ethyl adjacent to an activating group) is 1. The van der Waals surface area contributed by atoms with Gasteiger partial charge in [0, 0.05) is 60.3 Å². The molecule has 38 heavy (non-hydrogen) atoms. The second kappa shape index (κ2) is 10.7. The van der Waals surface area contributed by atoms with Crippen molar-refractivity contribution in [2.24, 2.45) is 0 Å². The summed E-state index contributed by atoms with van der Waals surface area (Å²) in [5.74, 6) is -1.26. The molecule has 0 aliphatic carbocycles. The highest BCUT2D eigenvalue weighted by molar-refractivity contribution is 6.09. The summed E-state index contributed by atoms with van der Waals surface area (Å²) in [6.07, 6.45) is 2.80. The maximum atomic E-state index is 12.3. The molecule has 1 amide bonds. The number of aromatic nitrogens is 2. The van der Waals surface area contributed by atoms with Crippen molar-refractivity contribution in [1.82, 2.24) is 14.9 Å². The molecule has 0 unspecified atom stereocenters. The molecule has 1 fully saturated rings. The molecule has 9 heteroatoms. The van der Waals surface area contributed by atoms with Crippen molar-refractivity contribution in [2.45, 2.75) is 0 Å². The summed E-state index contributed by atoms with van der Waals surface area (Å²) >= 11 is 0. The number of piperazine rings is 1. The van der Waals surface area contributed by atoms with Crippen LogP contribution in [0.1, 0.15) is 10.4 Å². The van der Waals surface area contributed by atoms with Crippen molar-refractivity contribution >= 4 is 45.8 Å². The minimum Gasteiger partial charge on any atom is -0.478 e. The molecule has 0 saturated carbocycles. The van der Waals surface area contributed by atoms with Crippen molar-refractivity contribution in [1.29, 1.82) is 0 Å². The second-order valence-electron chi connectivity index (χ2n) is 9.13. The molecule has 1 aliphatic heterocycles. The predicted octanol–water partition coefficient (Wildman–Crippen LogP) is 4.61. The summed E-state index contributed by atoms with van der Waals surface area (Å²) < 4.78 is 0. The normalized spacial score (nSPS) is 13.8. The molecular formula is C29H28N6O3. The van der Waals surface area contributed by atoms with E-state index in [1.807, 2.05) is 30.3 Å². The zero-order chi connectivity index (χ0) is 26.6. The van der Waals surface area contributed by atoms with Gasteiger partial charge in [-0.3, -0.25) is 4.79 Å². The van der Waals surface area contributed by atoms with E-state index in [0.717, 1.165) is 43.3 Å². The second-order valence-corrected chi connectivity index (χ2v) is 9.13. The first kappa shape index (κ1) is 24.9. The number of carboxylic acid groups (broad SMARTS) is 1. The fourth-order valence-corrected chi connectivity index (χ4v) is 4.58. The smallest absolute Gasteiger partial charge is 0.338 e. The Morgan fingerprint density at radius 2 is 1.68 bits per heavy atom. The van der Waals surface area contributed by atoms with Crippen LogP contribution in [0.3, 0.4) is 0 Å². The number of para-hydroxylation sites is 1. The fourth-order valence-electron chi connectivity index (χ4n) is 4.58. The number of nitrogens with zero attached hydrogens (tertiary/aromatic N) is 4. The minimum absolute atomic E-state index is 0.0252. The van der Waals surface area contributed by atoms with Crippen LogP contribution in [0.25, 0.3) is 22.0 Å². The lowest BCUT2D eigenvalue weighted by atomic mass is 9.96. The number of fused-ring (bicyclic) bond motifs is 1. The Bertz CT molecular complexity index is 1510. The number of hydrogen-bond donors (Lipinski definition) is 3. The lowest BCUT2D eigenvalue weighted by Gasteiger charge is -2.34. The maximum absolute atomic E-state index is 12.3. The van der Waals surface area contributed by atoms with Crippen molar-refractivity contribution in [2.75, 3.05) is 48.8 Å². The summed E-state index contributed by atoms with van der Waals surface area (Å²) in [6.45, 7) is 7.52. The van der Waals surface area contributed by atoms with E-state index in [9.17, 15) is 14.7 Å². The SMILES string of the molecule is C=CC(=O)Nc1cccc(-c2cccc3cnc(Nc4ccc(N5CCN(C)CC5)cc4)nc23)c1C(=O)O. The van der Waals surface area contributed by atoms with Crippen LogP contribution in [0.5, 0.6) is 0 Å². The number of amides is 1. The Kier molecular flexibility index (Phi) is 7.01. The van der Waals surface area contributed by atoms with Gasteiger partial charge in [-0.2, -0.15) is 0 Å². The van der Waals surface area contributed by atoms with Gasteiger partial charge in [0.2, 0.25) is 11.9 Å². The summed E-state index contributed by atoms with van der Waals surface area (Å²) in [7, 11) is 2.14. The van der Waals surface area contributed by atoms with E-state index >= 15 is 0 Å². The van der Waals surface area contributed by atoms with Gasteiger partial charge in [0.05, 0.1) is 16.8 Å². The van der Waals surface area contributed by atoms with Crippen LogP contribution < -0.4 is 15.5 Å². The van der Waals surface area contributed by atoms with Gasteiger partial charge < -0.3 is 25.5 Å². The number of nitrogens with one attached hydrogen (secondary N) is 2. The van der Waals surface area contributed by atoms with Crippen LogP contribution in [0.2, 0.25) is 0 Å². The third kappa shape index (κ3) is 5.18. The number of carbonyl (C=O) groups excluding carboxylic acids is 1. The van der Waals surface area contributed by atoms with Crippen molar-refractivity contribution in [3.8, 4) is 11.1 Å². The average molecular weight is 509 g/mol. The molecule has 3 aromatic carbocycles. The molecule has 192 valence electrons. The summed E-state index contributed by atoms with van der Waals surface area (Å²) in [4.78, 5) is 38.1. The molecule has 2 heterocycles. The van der Waals surface area contributed by atoms with Crippen molar-refractivity contribution in [3.63, 3.8) is 0 Å². The van der Waals surface area contributed by atoms with Gasteiger partial charge in [0.15, 0.2) is 0 Å². The summed E-state index contributed by atoms with van der Waals surface area (Å²) in [5.41, 5.74) is 3.83. The molecule has 0 bridgehead atoms. The fraction of sp³-hybridized carbons (Fsp3) is 0.172. The van der Waals surface area contributed by atoms with E-state index < -0.39 is 11.9 Å². The molecule has 0 radical (unpaired) electrons. The molecule has 4 aromatic rings. The highest BCUT2D eigenvalue weighted by Gasteiger charge is 2.20. The third-order valence-electron chi connectivity index (χ3n) is 6.61. The zero-order valence-corrected chi connectivity index (χ0v) is 21.0. The van der Waals surface area contributed by atoms with Crippen molar-refractivity contribution in [3.05, 3.63) is 85.1 Å². The Balaban J connectivity index is 1.47. The van der Waals surface area contributed by atoms with E-state index in [4.69, 9.17) is 4.98 Å². The number of benzene rings is 3. The molecule has 3 N–H and O–H groups in total. The Morgan fingerprint density at radius 3 is 2.39 bits per heavy atom. The van der Waals surface area contributed by atoms with E-state index in [0.29, 0.717) is 22.6 Å².